The molecular weight excluding hydrogens is 300 g/mol. The van der Waals surface area contributed by atoms with Crippen LogP contribution in [0.5, 0.6) is 0 Å². The van der Waals surface area contributed by atoms with E-state index in [4.69, 9.17) is 0 Å². The molecule has 0 aliphatic carbocycles. The molecule has 25 heavy (non-hydrogen) atoms. The average Bonchev–Trinajstić information content (AvgIpc) is 2.65. The zero-order chi connectivity index (χ0) is 18.4. The molecule has 3 aromatic rings. The maximum atomic E-state index is 3.81. The third-order valence-electron chi connectivity index (χ3n) is 4.46. The van der Waals surface area contributed by atoms with Gasteiger partial charge in [-0.15, -0.1) is 0 Å². The molecule has 0 N–H and O–H groups in total. The topological polar surface area (TPSA) is 0 Å². The van der Waals surface area contributed by atoms with Crippen molar-refractivity contribution in [2.75, 3.05) is 0 Å². The minimum atomic E-state index is 1.28. The summed E-state index contributed by atoms with van der Waals surface area (Å²) in [5, 5.41) is 2.60. The van der Waals surface area contributed by atoms with Gasteiger partial charge in [-0.3, -0.25) is 0 Å². The predicted octanol–water partition coefficient (Wildman–Crippen LogP) is 7.66. The third-order valence-corrected chi connectivity index (χ3v) is 4.46. The molecule has 0 spiro atoms. The zero-order valence-electron chi connectivity index (χ0n) is 16.1. The molecule has 0 aliphatic rings. The monoisotopic (exact) mass is 328 g/mol. The van der Waals surface area contributed by atoms with Gasteiger partial charge in [-0.25, -0.2) is 0 Å². The highest BCUT2D eigenvalue weighted by molar-refractivity contribution is 6.01. The number of fused-ring (bicyclic) bond motifs is 1. The van der Waals surface area contributed by atoms with Crippen molar-refractivity contribution >= 4 is 16.8 Å². The molecule has 0 unspecified atom stereocenters. The van der Waals surface area contributed by atoms with Gasteiger partial charge in [0.05, 0.1) is 0 Å². The summed E-state index contributed by atoms with van der Waals surface area (Å²) in [5.74, 6) is 0. The fourth-order valence-corrected chi connectivity index (χ4v) is 3.26. The van der Waals surface area contributed by atoms with Crippen molar-refractivity contribution in [1.29, 1.82) is 0 Å². The first kappa shape index (κ1) is 18.7. The van der Waals surface area contributed by atoms with Crippen LogP contribution >= 0.6 is 0 Å². The Labute approximate surface area is 152 Å². The van der Waals surface area contributed by atoms with Crippen LogP contribution in [-0.2, 0) is 0 Å². The van der Waals surface area contributed by atoms with Gasteiger partial charge in [-0.2, -0.15) is 0 Å². The van der Waals surface area contributed by atoms with E-state index in [1.54, 1.807) is 0 Å². The van der Waals surface area contributed by atoms with Gasteiger partial charge in [-0.05, 0) is 64.9 Å². The molecule has 0 atom stereocenters. The molecule has 0 aliphatic heterocycles. The number of benzene rings is 3. The van der Waals surface area contributed by atoms with E-state index >= 15 is 0 Å². The van der Waals surface area contributed by atoms with Gasteiger partial charge in [0.25, 0.3) is 0 Å². The minimum Gasteiger partial charge on any atom is -0.0991 e. The molecule has 0 heterocycles. The Morgan fingerprint density at radius 2 is 1.32 bits per heavy atom. The Balaban J connectivity index is 0.00000109. The maximum Gasteiger partial charge on any atom is -0.00673 e. The molecule has 0 bridgehead atoms. The van der Waals surface area contributed by atoms with Crippen LogP contribution < -0.4 is 0 Å². The Morgan fingerprint density at radius 1 is 0.720 bits per heavy atom. The van der Waals surface area contributed by atoms with Gasteiger partial charge < -0.3 is 0 Å². The van der Waals surface area contributed by atoms with Gasteiger partial charge >= 0.3 is 0 Å². The molecule has 3 rings (SSSR count). The molecule has 128 valence electrons. The summed E-state index contributed by atoms with van der Waals surface area (Å²) in [5.41, 5.74) is 7.86. The second kappa shape index (κ2) is 8.48. The van der Waals surface area contributed by atoms with Crippen LogP contribution in [0.25, 0.3) is 28.0 Å². The molecule has 0 radical (unpaired) electrons. The molecule has 0 heteroatoms. The molecule has 0 fully saturated rings. The summed E-state index contributed by atoms with van der Waals surface area (Å²) in [6, 6.07) is 17.5. The summed E-state index contributed by atoms with van der Waals surface area (Å²) in [4.78, 5) is 0. The van der Waals surface area contributed by atoms with E-state index in [-0.39, 0.29) is 0 Å². The molecule has 0 saturated carbocycles. The lowest BCUT2D eigenvalue weighted by atomic mass is 9.86. The second-order valence-electron chi connectivity index (χ2n) is 6.06. The Kier molecular flexibility index (Phi) is 6.36. The van der Waals surface area contributed by atoms with Crippen LogP contribution in [0.3, 0.4) is 0 Å². The van der Waals surface area contributed by atoms with Gasteiger partial charge in [0, 0.05) is 0 Å². The Bertz CT molecular complexity index is 911. The Hall–Kier alpha value is -2.60. The van der Waals surface area contributed by atoms with Crippen LogP contribution in [0.2, 0.25) is 0 Å². The average molecular weight is 328 g/mol. The summed E-state index contributed by atoms with van der Waals surface area (Å²) in [7, 11) is 0. The predicted molar refractivity (Wildman–Crippen MR) is 114 cm³/mol. The lowest BCUT2D eigenvalue weighted by Gasteiger charge is -2.18. The van der Waals surface area contributed by atoms with Crippen molar-refractivity contribution in [3.63, 3.8) is 0 Å². The number of hydrogen-bond donors (Lipinski definition) is 0. The van der Waals surface area contributed by atoms with E-state index < -0.39 is 0 Å². The van der Waals surface area contributed by atoms with Gasteiger partial charge in [0.2, 0.25) is 0 Å². The second-order valence-corrected chi connectivity index (χ2v) is 6.06. The molecule has 0 nitrogen and oxygen atoms in total. The van der Waals surface area contributed by atoms with Crippen molar-refractivity contribution in [3.8, 4) is 11.1 Å². The third kappa shape index (κ3) is 3.74. The van der Waals surface area contributed by atoms with Crippen molar-refractivity contribution in [1.82, 2.24) is 0 Å². The van der Waals surface area contributed by atoms with Gasteiger partial charge in [0.1, 0.15) is 0 Å². The van der Waals surface area contributed by atoms with E-state index in [9.17, 15) is 0 Å². The lowest BCUT2D eigenvalue weighted by molar-refractivity contribution is 1.36. The van der Waals surface area contributed by atoms with Crippen molar-refractivity contribution in [2.45, 2.75) is 34.6 Å². The van der Waals surface area contributed by atoms with E-state index in [0.717, 1.165) is 0 Å². The number of rotatable bonds is 3. The van der Waals surface area contributed by atoms with Crippen molar-refractivity contribution < 1.29 is 0 Å². The smallest absolute Gasteiger partial charge is 0.00673 e. The normalized spacial score (nSPS) is 10.6. The Morgan fingerprint density at radius 3 is 2.04 bits per heavy atom. The van der Waals surface area contributed by atoms with Crippen LogP contribution in [0, 0.1) is 20.8 Å². The molecule has 0 aromatic heterocycles. The van der Waals surface area contributed by atoms with Crippen LogP contribution in [0.1, 0.15) is 36.1 Å². The summed E-state index contributed by atoms with van der Waals surface area (Å²) in [6.45, 7) is 14.4. The molecule has 0 saturated heterocycles. The molecule has 3 aromatic carbocycles. The van der Waals surface area contributed by atoms with E-state index in [1.807, 2.05) is 26.0 Å². The summed E-state index contributed by atoms with van der Waals surface area (Å²) in [6.07, 6.45) is 6.03. The molecular formula is C25H28. The number of hydrogen-bond acceptors (Lipinski definition) is 0. The molecule has 0 amide bonds. The number of allylic oxidation sites excluding steroid dienone is 2. The standard InChI is InChI=1S/C23H22.C2H6/c1-5-6-10-20-16(2)12-13-17(3)22(20)23-18(4)14-15-19-9-7-8-11-21(19)23;1-2/h5-15H,1H2,2-4H3;1-2H3/b10-6-;. The summed E-state index contributed by atoms with van der Waals surface area (Å²) >= 11 is 0. The largest absolute Gasteiger partial charge is 0.0991 e. The minimum absolute atomic E-state index is 1.28. The fourth-order valence-electron chi connectivity index (χ4n) is 3.26. The first-order valence-corrected chi connectivity index (χ1v) is 9.01. The summed E-state index contributed by atoms with van der Waals surface area (Å²) < 4.78 is 0. The van der Waals surface area contributed by atoms with Crippen LogP contribution in [0.4, 0.5) is 0 Å². The number of aryl methyl sites for hydroxylation is 3. The SMILES string of the molecule is C=C/C=C\c1c(C)ccc(C)c1-c1c(C)ccc2ccccc12.CC. The highest BCUT2D eigenvalue weighted by Gasteiger charge is 2.14. The van der Waals surface area contributed by atoms with Crippen LogP contribution in [0.15, 0.2) is 67.3 Å². The van der Waals surface area contributed by atoms with Crippen LogP contribution in [-0.4, -0.2) is 0 Å². The van der Waals surface area contributed by atoms with Crippen molar-refractivity contribution in [3.05, 3.63) is 89.5 Å². The van der Waals surface area contributed by atoms with E-state index in [1.165, 1.54) is 44.2 Å². The first-order valence-electron chi connectivity index (χ1n) is 9.01. The quantitative estimate of drug-likeness (QED) is 0.433. The fraction of sp³-hybridized carbons (Fsp3) is 0.200. The van der Waals surface area contributed by atoms with E-state index in [2.05, 4.69) is 82.0 Å². The first-order chi connectivity index (χ1) is 12.1. The maximum absolute atomic E-state index is 3.81. The zero-order valence-corrected chi connectivity index (χ0v) is 16.1. The van der Waals surface area contributed by atoms with Gasteiger partial charge in [0.15, 0.2) is 0 Å². The highest BCUT2D eigenvalue weighted by atomic mass is 14.2. The highest BCUT2D eigenvalue weighted by Crippen LogP contribution is 2.37. The van der Waals surface area contributed by atoms with E-state index in [0.29, 0.717) is 0 Å². The van der Waals surface area contributed by atoms with Gasteiger partial charge in [-0.1, -0.05) is 87.2 Å². The van der Waals surface area contributed by atoms with Crippen molar-refractivity contribution in [2.24, 2.45) is 0 Å². The lowest BCUT2D eigenvalue weighted by Crippen LogP contribution is -1.95.